The Morgan fingerprint density at radius 2 is 2.05 bits per heavy atom. The first kappa shape index (κ1) is 15.0. The molecule has 2 saturated heterocycles. The second kappa shape index (κ2) is 6.45. The first-order valence-corrected chi connectivity index (χ1v) is 7.60. The fourth-order valence-corrected chi connectivity index (χ4v) is 2.86. The third kappa shape index (κ3) is 3.28. The van der Waals surface area contributed by atoms with Crippen LogP contribution in [-0.4, -0.2) is 71.0 Å². The predicted octanol–water partition coefficient (Wildman–Crippen LogP) is -0.700. The number of aromatic nitrogens is 2. The molecule has 3 heterocycles. The third-order valence-electron chi connectivity index (χ3n) is 4.17. The Kier molecular flexibility index (Phi) is 4.39. The Labute approximate surface area is 128 Å². The van der Waals surface area contributed by atoms with Gasteiger partial charge in [0.2, 0.25) is 5.95 Å². The molecule has 0 amide bonds. The summed E-state index contributed by atoms with van der Waals surface area (Å²) in [5.41, 5.74) is 0. The summed E-state index contributed by atoms with van der Waals surface area (Å²) in [5, 5.41) is 21.7. The molecule has 0 radical (unpaired) electrons. The second-order valence-corrected chi connectivity index (χ2v) is 5.72. The number of piperazine rings is 1. The highest BCUT2D eigenvalue weighted by molar-refractivity contribution is 5.74. The molecule has 0 spiro atoms. The number of nitrogens with one attached hydrogen (secondary N) is 1. The molecule has 0 unspecified atom stereocenters. The molecule has 2 aliphatic rings. The van der Waals surface area contributed by atoms with Crippen LogP contribution in [0, 0.1) is 0 Å². The highest BCUT2D eigenvalue weighted by Gasteiger charge is 2.27. The van der Waals surface area contributed by atoms with Crippen LogP contribution in [0.25, 0.3) is 0 Å². The average molecular weight is 307 g/mol. The Morgan fingerprint density at radius 1 is 1.27 bits per heavy atom. The van der Waals surface area contributed by atoms with Gasteiger partial charge in [-0.1, -0.05) is 0 Å². The summed E-state index contributed by atoms with van der Waals surface area (Å²) in [6, 6.07) is 1.27. The van der Waals surface area contributed by atoms with Crippen LogP contribution in [-0.2, 0) is 4.79 Å². The molecule has 1 aromatic rings. The molecule has 1 atom stereocenters. The number of rotatable bonds is 3. The van der Waals surface area contributed by atoms with Crippen molar-refractivity contribution in [1.29, 1.82) is 0 Å². The SMILES string of the molecule is O=C(O)[C@@H]1CN(c2nccc(N3CCC(O)CC3)n2)CCN1. The number of hydrogen-bond acceptors (Lipinski definition) is 7. The van der Waals surface area contributed by atoms with Crippen molar-refractivity contribution in [2.24, 2.45) is 0 Å². The van der Waals surface area contributed by atoms with Crippen molar-refractivity contribution < 1.29 is 15.0 Å². The smallest absolute Gasteiger partial charge is 0.322 e. The summed E-state index contributed by atoms with van der Waals surface area (Å²) in [6.07, 6.45) is 2.98. The van der Waals surface area contributed by atoms with Gasteiger partial charge >= 0.3 is 5.97 Å². The molecule has 8 heteroatoms. The van der Waals surface area contributed by atoms with Crippen LogP contribution in [0.4, 0.5) is 11.8 Å². The van der Waals surface area contributed by atoms with Crippen molar-refractivity contribution in [3.63, 3.8) is 0 Å². The number of aliphatic hydroxyl groups is 1. The highest BCUT2D eigenvalue weighted by atomic mass is 16.4. The van der Waals surface area contributed by atoms with E-state index < -0.39 is 12.0 Å². The quantitative estimate of drug-likeness (QED) is 0.674. The monoisotopic (exact) mass is 307 g/mol. The van der Waals surface area contributed by atoms with Crippen LogP contribution in [0.5, 0.6) is 0 Å². The summed E-state index contributed by atoms with van der Waals surface area (Å²) >= 11 is 0. The number of aliphatic carboxylic acids is 1. The zero-order valence-electron chi connectivity index (χ0n) is 12.4. The minimum Gasteiger partial charge on any atom is -0.480 e. The lowest BCUT2D eigenvalue weighted by atomic mass is 10.1. The lowest BCUT2D eigenvalue weighted by Gasteiger charge is -2.33. The van der Waals surface area contributed by atoms with E-state index in [9.17, 15) is 9.90 Å². The lowest BCUT2D eigenvalue weighted by molar-refractivity contribution is -0.139. The van der Waals surface area contributed by atoms with Gasteiger partial charge in [-0.2, -0.15) is 4.98 Å². The van der Waals surface area contributed by atoms with Gasteiger partial charge < -0.3 is 25.3 Å². The number of carboxylic acid groups (broad SMARTS) is 1. The van der Waals surface area contributed by atoms with Crippen molar-refractivity contribution in [3.05, 3.63) is 12.3 Å². The normalized spacial score (nSPS) is 23.6. The van der Waals surface area contributed by atoms with E-state index in [-0.39, 0.29) is 6.10 Å². The summed E-state index contributed by atoms with van der Waals surface area (Å²) < 4.78 is 0. The largest absolute Gasteiger partial charge is 0.480 e. The number of carbonyl (C=O) groups is 1. The number of nitrogens with zero attached hydrogens (tertiary/aromatic N) is 4. The van der Waals surface area contributed by atoms with Crippen LogP contribution >= 0.6 is 0 Å². The van der Waals surface area contributed by atoms with E-state index in [1.165, 1.54) is 0 Å². The molecule has 3 N–H and O–H groups in total. The Bertz CT molecular complexity index is 533. The molecule has 8 nitrogen and oxygen atoms in total. The standard InChI is InChI=1S/C14H21N5O3/c20-10-2-6-18(7-3-10)12-1-4-16-14(17-12)19-8-5-15-11(9-19)13(21)22/h1,4,10-11,15,20H,2-3,5-9H2,(H,21,22)/t11-/m0/s1. The van der Waals surface area contributed by atoms with E-state index >= 15 is 0 Å². The molecule has 3 rings (SSSR count). The van der Waals surface area contributed by atoms with Gasteiger partial charge in [0.05, 0.1) is 6.10 Å². The van der Waals surface area contributed by atoms with Crippen molar-refractivity contribution in [1.82, 2.24) is 15.3 Å². The fraction of sp³-hybridized carbons (Fsp3) is 0.643. The van der Waals surface area contributed by atoms with Gasteiger partial charge in [0, 0.05) is 38.9 Å². The first-order valence-electron chi connectivity index (χ1n) is 7.60. The molecule has 0 aliphatic carbocycles. The first-order chi connectivity index (χ1) is 10.6. The molecule has 0 bridgehead atoms. The molecular formula is C14H21N5O3. The van der Waals surface area contributed by atoms with Gasteiger partial charge in [0.25, 0.3) is 0 Å². The van der Waals surface area contributed by atoms with Crippen molar-refractivity contribution >= 4 is 17.7 Å². The van der Waals surface area contributed by atoms with Crippen LogP contribution in [0.15, 0.2) is 12.3 Å². The topological polar surface area (TPSA) is 102 Å². The number of aliphatic hydroxyl groups excluding tert-OH is 1. The second-order valence-electron chi connectivity index (χ2n) is 5.72. The number of hydrogen-bond donors (Lipinski definition) is 3. The third-order valence-corrected chi connectivity index (χ3v) is 4.17. The van der Waals surface area contributed by atoms with E-state index in [4.69, 9.17) is 5.11 Å². The maximum atomic E-state index is 11.1. The fourth-order valence-electron chi connectivity index (χ4n) is 2.86. The molecule has 0 aromatic carbocycles. The van der Waals surface area contributed by atoms with E-state index in [0.717, 1.165) is 31.7 Å². The Balaban J connectivity index is 1.72. The van der Waals surface area contributed by atoms with E-state index in [0.29, 0.717) is 25.6 Å². The van der Waals surface area contributed by atoms with E-state index in [2.05, 4.69) is 20.2 Å². The molecule has 1 aromatic heterocycles. The summed E-state index contributed by atoms with van der Waals surface area (Å²) in [7, 11) is 0. The van der Waals surface area contributed by atoms with Gasteiger partial charge in [0.15, 0.2) is 0 Å². The van der Waals surface area contributed by atoms with Gasteiger partial charge in [-0.05, 0) is 18.9 Å². The molecule has 22 heavy (non-hydrogen) atoms. The van der Waals surface area contributed by atoms with Gasteiger partial charge in [0.1, 0.15) is 11.9 Å². The van der Waals surface area contributed by atoms with Crippen molar-refractivity contribution in [2.45, 2.75) is 25.0 Å². The van der Waals surface area contributed by atoms with Crippen molar-refractivity contribution in [3.8, 4) is 0 Å². The average Bonchev–Trinajstić information content (AvgIpc) is 2.56. The predicted molar refractivity (Wildman–Crippen MR) is 81.1 cm³/mol. The Morgan fingerprint density at radius 3 is 2.77 bits per heavy atom. The van der Waals surface area contributed by atoms with Gasteiger partial charge in [-0.3, -0.25) is 4.79 Å². The zero-order valence-corrected chi connectivity index (χ0v) is 12.4. The molecule has 2 fully saturated rings. The molecule has 0 saturated carbocycles. The van der Waals surface area contributed by atoms with Crippen molar-refractivity contribution in [2.75, 3.05) is 42.5 Å². The minimum atomic E-state index is -0.856. The van der Waals surface area contributed by atoms with E-state index in [1.54, 1.807) is 6.20 Å². The van der Waals surface area contributed by atoms with Gasteiger partial charge in [-0.25, -0.2) is 4.98 Å². The maximum absolute atomic E-state index is 11.1. The van der Waals surface area contributed by atoms with Crippen LogP contribution in [0.1, 0.15) is 12.8 Å². The summed E-state index contributed by atoms with van der Waals surface area (Å²) in [4.78, 5) is 24.0. The van der Waals surface area contributed by atoms with Crippen LogP contribution < -0.4 is 15.1 Å². The van der Waals surface area contributed by atoms with Crippen LogP contribution in [0.2, 0.25) is 0 Å². The zero-order chi connectivity index (χ0) is 15.5. The Hall–Kier alpha value is -1.93. The minimum absolute atomic E-state index is 0.220. The molecule has 120 valence electrons. The van der Waals surface area contributed by atoms with Gasteiger partial charge in [-0.15, -0.1) is 0 Å². The molecular weight excluding hydrogens is 286 g/mol. The number of carboxylic acids is 1. The number of anilines is 2. The lowest BCUT2D eigenvalue weighted by Crippen LogP contribution is -2.54. The summed E-state index contributed by atoms with van der Waals surface area (Å²) in [6.45, 7) is 3.19. The maximum Gasteiger partial charge on any atom is 0.322 e. The summed E-state index contributed by atoms with van der Waals surface area (Å²) in [5.74, 6) is 0.546. The highest BCUT2D eigenvalue weighted by Crippen LogP contribution is 2.20. The molecule has 2 aliphatic heterocycles. The van der Waals surface area contributed by atoms with E-state index in [1.807, 2.05) is 11.0 Å². The van der Waals surface area contributed by atoms with Crippen LogP contribution in [0.3, 0.4) is 0 Å². The number of piperidine rings is 1.